The zero-order valence-corrected chi connectivity index (χ0v) is 7.07. The average molecular weight is 183 g/mol. The van der Waals surface area contributed by atoms with Gasteiger partial charge in [0.25, 0.3) is 0 Å². The first-order valence-corrected chi connectivity index (χ1v) is 3.67. The summed E-state index contributed by atoms with van der Waals surface area (Å²) in [4.78, 5) is 21.4. The molecule has 1 amide bonds. The fraction of sp³-hybridized carbons (Fsp3) is 0.500. The normalized spacial score (nSPS) is 9.62. The van der Waals surface area contributed by atoms with E-state index in [0.29, 0.717) is 5.82 Å². The maximum absolute atomic E-state index is 10.9. The Bertz CT molecular complexity index is 294. The zero-order chi connectivity index (χ0) is 9.68. The summed E-state index contributed by atoms with van der Waals surface area (Å²) in [5.74, 6) is -0.125. The summed E-state index contributed by atoms with van der Waals surface area (Å²) in [6.45, 7) is 1.54. The molecule has 0 bridgehead atoms. The average Bonchev–Trinajstić information content (AvgIpc) is 2.51. The highest BCUT2D eigenvalue weighted by atomic mass is 16.2. The number of aromatic amines is 1. The summed E-state index contributed by atoms with van der Waals surface area (Å²) in [5.41, 5.74) is 0. The monoisotopic (exact) mass is 183 g/mol. The second-order valence-electron chi connectivity index (χ2n) is 2.48. The molecule has 0 aliphatic heterocycles. The standard InChI is InChI=1S/C6H9N5O2/c1-4(12)2-6(13)7-3-5-8-10-11-9-5/h2-3H2,1H3,(H,7,13)(H,8,9,10,11). The van der Waals surface area contributed by atoms with Crippen molar-refractivity contribution in [1.29, 1.82) is 0 Å². The van der Waals surface area contributed by atoms with Crippen LogP contribution in [0.3, 0.4) is 0 Å². The van der Waals surface area contributed by atoms with Gasteiger partial charge in [0.1, 0.15) is 5.78 Å². The van der Waals surface area contributed by atoms with Crippen LogP contribution in [0.2, 0.25) is 0 Å². The van der Waals surface area contributed by atoms with E-state index in [1.807, 2.05) is 0 Å². The number of H-pyrrole nitrogens is 1. The number of rotatable bonds is 4. The fourth-order valence-corrected chi connectivity index (χ4v) is 0.724. The van der Waals surface area contributed by atoms with Gasteiger partial charge in [-0.1, -0.05) is 5.21 Å². The van der Waals surface area contributed by atoms with Gasteiger partial charge in [0.2, 0.25) is 5.91 Å². The number of carbonyl (C=O) groups is 2. The lowest BCUT2D eigenvalue weighted by Crippen LogP contribution is -2.25. The van der Waals surface area contributed by atoms with Gasteiger partial charge in [-0.25, -0.2) is 0 Å². The van der Waals surface area contributed by atoms with Gasteiger partial charge in [-0.3, -0.25) is 9.59 Å². The molecule has 0 saturated carbocycles. The number of amides is 1. The first-order chi connectivity index (χ1) is 6.18. The van der Waals surface area contributed by atoms with E-state index in [1.165, 1.54) is 6.92 Å². The molecule has 1 aromatic rings. The van der Waals surface area contributed by atoms with Crippen LogP contribution in [0.15, 0.2) is 0 Å². The minimum Gasteiger partial charge on any atom is -0.348 e. The van der Waals surface area contributed by atoms with E-state index in [0.717, 1.165) is 0 Å². The molecule has 0 aliphatic rings. The molecular formula is C6H9N5O2. The molecule has 2 N–H and O–H groups in total. The highest BCUT2D eigenvalue weighted by Gasteiger charge is 2.05. The van der Waals surface area contributed by atoms with Crippen LogP contribution in [-0.2, 0) is 16.1 Å². The Morgan fingerprint density at radius 3 is 2.85 bits per heavy atom. The third-order valence-electron chi connectivity index (χ3n) is 1.24. The van der Waals surface area contributed by atoms with E-state index in [4.69, 9.17) is 0 Å². The molecule has 13 heavy (non-hydrogen) atoms. The third-order valence-corrected chi connectivity index (χ3v) is 1.24. The molecule has 1 heterocycles. The molecule has 0 fully saturated rings. The molecule has 0 radical (unpaired) electrons. The maximum Gasteiger partial charge on any atom is 0.227 e. The fourth-order valence-electron chi connectivity index (χ4n) is 0.724. The van der Waals surface area contributed by atoms with E-state index < -0.39 is 0 Å². The second kappa shape index (κ2) is 4.29. The van der Waals surface area contributed by atoms with E-state index in [-0.39, 0.29) is 24.7 Å². The molecule has 0 aromatic carbocycles. The lowest BCUT2D eigenvalue weighted by molar-refractivity contribution is -0.127. The van der Waals surface area contributed by atoms with Gasteiger partial charge in [0.05, 0.1) is 13.0 Å². The first kappa shape index (κ1) is 9.30. The van der Waals surface area contributed by atoms with Crippen molar-refractivity contribution >= 4 is 11.7 Å². The van der Waals surface area contributed by atoms with Crippen molar-refractivity contribution in [2.75, 3.05) is 0 Å². The van der Waals surface area contributed by atoms with Gasteiger partial charge in [-0.2, -0.15) is 5.21 Å². The van der Waals surface area contributed by atoms with Crippen LogP contribution >= 0.6 is 0 Å². The minimum absolute atomic E-state index is 0.113. The van der Waals surface area contributed by atoms with Crippen molar-refractivity contribution in [1.82, 2.24) is 25.9 Å². The number of aromatic nitrogens is 4. The number of hydrogen-bond donors (Lipinski definition) is 2. The summed E-state index contributed by atoms with van der Waals surface area (Å²) < 4.78 is 0. The Balaban J connectivity index is 2.27. The number of ketones is 1. The smallest absolute Gasteiger partial charge is 0.227 e. The van der Waals surface area contributed by atoms with E-state index >= 15 is 0 Å². The van der Waals surface area contributed by atoms with E-state index in [1.54, 1.807) is 0 Å². The quantitative estimate of drug-likeness (QED) is 0.571. The molecule has 1 aromatic heterocycles. The number of nitrogens with zero attached hydrogens (tertiary/aromatic N) is 3. The number of tetrazole rings is 1. The maximum atomic E-state index is 10.9. The van der Waals surface area contributed by atoms with E-state index in [9.17, 15) is 9.59 Å². The first-order valence-electron chi connectivity index (χ1n) is 3.67. The molecule has 7 nitrogen and oxygen atoms in total. The van der Waals surface area contributed by atoms with Crippen LogP contribution < -0.4 is 5.32 Å². The predicted molar refractivity (Wildman–Crippen MR) is 41.3 cm³/mol. The Kier molecular flexibility index (Phi) is 3.07. The molecule has 0 atom stereocenters. The summed E-state index contributed by atoms with van der Waals surface area (Å²) in [7, 11) is 0. The molecule has 7 heteroatoms. The van der Waals surface area contributed by atoms with Gasteiger partial charge in [0, 0.05) is 0 Å². The van der Waals surface area contributed by atoms with Gasteiger partial charge < -0.3 is 5.32 Å². The van der Waals surface area contributed by atoms with Crippen molar-refractivity contribution in [3.63, 3.8) is 0 Å². The third kappa shape index (κ3) is 3.41. The molecule has 0 aliphatic carbocycles. The SMILES string of the molecule is CC(=O)CC(=O)NCc1nn[nH]n1. The Labute approximate surface area is 73.9 Å². The minimum atomic E-state index is -0.336. The van der Waals surface area contributed by atoms with Crippen molar-refractivity contribution in [2.24, 2.45) is 0 Å². The Morgan fingerprint density at radius 2 is 2.31 bits per heavy atom. The molecule has 0 spiro atoms. The molecule has 0 saturated heterocycles. The summed E-state index contributed by atoms with van der Waals surface area (Å²) in [6.07, 6.45) is -0.113. The second-order valence-corrected chi connectivity index (χ2v) is 2.48. The lowest BCUT2D eigenvalue weighted by atomic mass is 10.3. The van der Waals surface area contributed by atoms with Gasteiger partial charge in [-0.15, -0.1) is 10.2 Å². The highest BCUT2D eigenvalue weighted by molar-refractivity contribution is 5.96. The summed E-state index contributed by atoms with van der Waals surface area (Å²) in [5, 5.41) is 15.3. The summed E-state index contributed by atoms with van der Waals surface area (Å²) in [6, 6.07) is 0. The molecule has 70 valence electrons. The topological polar surface area (TPSA) is 101 Å². The van der Waals surface area contributed by atoms with E-state index in [2.05, 4.69) is 25.9 Å². The Morgan fingerprint density at radius 1 is 1.54 bits per heavy atom. The van der Waals surface area contributed by atoms with Gasteiger partial charge in [-0.05, 0) is 6.92 Å². The van der Waals surface area contributed by atoms with Crippen LogP contribution in [0.5, 0.6) is 0 Å². The van der Waals surface area contributed by atoms with Crippen LogP contribution in [0.1, 0.15) is 19.2 Å². The number of Topliss-reactive ketones (excluding diaryl/α,β-unsaturated/α-hetero) is 1. The van der Waals surface area contributed by atoms with Crippen molar-refractivity contribution in [2.45, 2.75) is 19.9 Å². The zero-order valence-electron chi connectivity index (χ0n) is 7.07. The van der Waals surface area contributed by atoms with Crippen LogP contribution in [0.4, 0.5) is 0 Å². The van der Waals surface area contributed by atoms with Crippen LogP contribution in [0, 0.1) is 0 Å². The Hall–Kier alpha value is -1.79. The molecular weight excluding hydrogens is 174 g/mol. The number of nitrogens with one attached hydrogen (secondary N) is 2. The number of carbonyl (C=O) groups excluding carboxylic acids is 2. The van der Waals surface area contributed by atoms with Crippen molar-refractivity contribution < 1.29 is 9.59 Å². The summed E-state index contributed by atoms with van der Waals surface area (Å²) >= 11 is 0. The lowest BCUT2D eigenvalue weighted by Gasteiger charge is -1.98. The van der Waals surface area contributed by atoms with Crippen LogP contribution in [0.25, 0.3) is 0 Å². The van der Waals surface area contributed by atoms with Crippen LogP contribution in [-0.4, -0.2) is 32.3 Å². The van der Waals surface area contributed by atoms with Crippen molar-refractivity contribution in [3.05, 3.63) is 5.82 Å². The largest absolute Gasteiger partial charge is 0.348 e. The highest BCUT2D eigenvalue weighted by Crippen LogP contribution is 1.85. The molecule has 0 unspecified atom stereocenters. The molecule has 1 rings (SSSR count). The number of hydrogen-bond acceptors (Lipinski definition) is 5. The van der Waals surface area contributed by atoms with Crippen molar-refractivity contribution in [3.8, 4) is 0 Å². The van der Waals surface area contributed by atoms with Gasteiger partial charge in [0.15, 0.2) is 5.82 Å². The van der Waals surface area contributed by atoms with Gasteiger partial charge >= 0.3 is 0 Å². The predicted octanol–water partition coefficient (Wildman–Crippen LogP) is -1.20.